The molecule has 4 rings (SSSR count). The number of carbonyl (C=O) groups is 1. The van der Waals surface area contributed by atoms with Gasteiger partial charge in [-0.25, -0.2) is 8.42 Å². The molecule has 0 atom stereocenters. The van der Waals surface area contributed by atoms with E-state index in [2.05, 4.69) is 14.6 Å². The molecule has 1 aromatic rings. The standard InChI is InChI=1S/C18H24N4O3S/c23-17(22-11-9-21(10-12-22)14-5-1-2-6-14)13-19-18-15-7-3-4-8-16(15)26(24,25)20-18/h3-4,7-8,14H,1-2,5-6,9-13H2,(H,19,20). The first-order valence-corrected chi connectivity index (χ1v) is 10.7. The third kappa shape index (κ3) is 3.35. The number of amides is 1. The second kappa shape index (κ2) is 7.00. The molecule has 0 aromatic heterocycles. The molecule has 0 bridgehead atoms. The second-order valence-electron chi connectivity index (χ2n) is 7.12. The molecule has 8 heteroatoms. The van der Waals surface area contributed by atoms with Crippen molar-refractivity contribution in [3.63, 3.8) is 0 Å². The fourth-order valence-electron chi connectivity index (χ4n) is 4.10. The number of hydrogen-bond donors (Lipinski definition) is 1. The molecule has 1 N–H and O–H groups in total. The van der Waals surface area contributed by atoms with E-state index < -0.39 is 10.0 Å². The van der Waals surface area contributed by atoms with Crippen molar-refractivity contribution in [3.8, 4) is 0 Å². The Balaban J connectivity index is 1.37. The summed E-state index contributed by atoms with van der Waals surface area (Å²) in [5.41, 5.74) is 0.534. The maximum Gasteiger partial charge on any atom is 0.263 e. The van der Waals surface area contributed by atoms with Gasteiger partial charge >= 0.3 is 0 Å². The fraction of sp³-hybridized carbons (Fsp3) is 0.556. The Morgan fingerprint density at radius 3 is 2.54 bits per heavy atom. The lowest BCUT2D eigenvalue weighted by atomic mass is 10.2. The minimum absolute atomic E-state index is 0.0321. The summed E-state index contributed by atoms with van der Waals surface area (Å²) in [5.74, 6) is 0.214. The van der Waals surface area contributed by atoms with Gasteiger partial charge in [0.2, 0.25) is 5.91 Å². The van der Waals surface area contributed by atoms with Crippen LogP contribution in [0.15, 0.2) is 34.2 Å². The Kier molecular flexibility index (Phi) is 4.71. The summed E-state index contributed by atoms with van der Waals surface area (Å²) in [5, 5.41) is 0. The predicted molar refractivity (Wildman–Crippen MR) is 98.6 cm³/mol. The first kappa shape index (κ1) is 17.5. The predicted octanol–water partition coefficient (Wildman–Crippen LogP) is 0.812. The van der Waals surface area contributed by atoms with Crippen molar-refractivity contribution in [2.45, 2.75) is 36.6 Å². The number of sulfonamides is 1. The van der Waals surface area contributed by atoms with E-state index in [0.29, 0.717) is 11.6 Å². The minimum Gasteiger partial charge on any atom is -0.339 e. The maximum absolute atomic E-state index is 12.5. The van der Waals surface area contributed by atoms with E-state index in [1.165, 1.54) is 25.7 Å². The van der Waals surface area contributed by atoms with Crippen LogP contribution in [-0.2, 0) is 14.8 Å². The van der Waals surface area contributed by atoms with Crippen molar-refractivity contribution in [2.24, 2.45) is 4.99 Å². The molecule has 2 heterocycles. The van der Waals surface area contributed by atoms with E-state index in [-0.39, 0.29) is 23.2 Å². The highest BCUT2D eigenvalue weighted by molar-refractivity contribution is 7.90. The Bertz CT molecular complexity index is 823. The number of aliphatic imine (C=N–C) groups is 1. The molecule has 2 aliphatic heterocycles. The van der Waals surface area contributed by atoms with Crippen LogP contribution in [0.25, 0.3) is 0 Å². The number of hydrogen-bond acceptors (Lipinski definition) is 5. The van der Waals surface area contributed by atoms with Crippen LogP contribution in [0.4, 0.5) is 0 Å². The zero-order valence-corrected chi connectivity index (χ0v) is 15.5. The molecule has 0 unspecified atom stereocenters. The zero-order chi connectivity index (χ0) is 18.1. The molecule has 2 fully saturated rings. The molecule has 140 valence electrons. The van der Waals surface area contributed by atoms with E-state index in [1.807, 2.05) is 4.90 Å². The monoisotopic (exact) mass is 376 g/mol. The van der Waals surface area contributed by atoms with E-state index in [0.717, 1.165) is 26.2 Å². The number of piperazine rings is 1. The Labute approximate surface area is 154 Å². The lowest BCUT2D eigenvalue weighted by Gasteiger charge is -2.37. The summed E-state index contributed by atoms with van der Waals surface area (Å²) in [6.45, 7) is 3.26. The zero-order valence-electron chi connectivity index (χ0n) is 14.7. The number of amidine groups is 1. The van der Waals surface area contributed by atoms with Gasteiger partial charge < -0.3 is 4.90 Å². The van der Waals surface area contributed by atoms with Crippen LogP contribution in [0.1, 0.15) is 31.2 Å². The third-order valence-electron chi connectivity index (χ3n) is 5.54. The van der Waals surface area contributed by atoms with Gasteiger partial charge in [-0.2, -0.15) is 0 Å². The summed E-state index contributed by atoms with van der Waals surface area (Å²) >= 11 is 0. The average molecular weight is 376 g/mol. The van der Waals surface area contributed by atoms with Crippen molar-refractivity contribution < 1.29 is 13.2 Å². The molecule has 1 saturated carbocycles. The van der Waals surface area contributed by atoms with Crippen LogP contribution in [0.2, 0.25) is 0 Å². The van der Waals surface area contributed by atoms with Crippen molar-refractivity contribution in [3.05, 3.63) is 29.8 Å². The number of nitrogens with one attached hydrogen (secondary N) is 1. The highest BCUT2D eigenvalue weighted by Crippen LogP contribution is 2.24. The van der Waals surface area contributed by atoms with Gasteiger partial charge in [0.1, 0.15) is 12.4 Å². The normalized spacial score (nSPS) is 24.6. The largest absolute Gasteiger partial charge is 0.339 e. The molecule has 1 aromatic carbocycles. The van der Waals surface area contributed by atoms with E-state index in [9.17, 15) is 13.2 Å². The fourth-order valence-corrected chi connectivity index (χ4v) is 5.35. The van der Waals surface area contributed by atoms with Crippen LogP contribution in [-0.4, -0.2) is 68.7 Å². The van der Waals surface area contributed by atoms with Gasteiger partial charge in [0.15, 0.2) is 0 Å². The van der Waals surface area contributed by atoms with Crippen molar-refractivity contribution in [1.29, 1.82) is 0 Å². The summed E-state index contributed by atoms with van der Waals surface area (Å²) in [7, 11) is -3.56. The van der Waals surface area contributed by atoms with Crippen LogP contribution in [0.5, 0.6) is 0 Å². The summed E-state index contributed by atoms with van der Waals surface area (Å²) in [4.78, 5) is 21.3. The summed E-state index contributed by atoms with van der Waals surface area (Å²) in [6.07, 6.45) is 5.19. The summed E-state index contributed by atoms with van der Waals surface area (Å²) < 4.78 is 26.6. The minimum atomic E-state index is -3.56. The maximum atomic E-state index is 12.5. The lowest BCUT2D eigenvalue weighted by molar-refractivity contribution is -0.131. The van der Waals surface area contributed by atoms with Crippen LogP contribution < -0.4 is 4.72 Å². The van der Waals surface area contributed by atoms with E-state index in [1.54, 1.807) is 24.3 Å². The molecule has 1 aliphatic carbocycles. The van der Waals surface area contributed by atoms with E-state index >= 15 is 0 Å². The Morgan fingerprint density at radius 1 is 1.12 bits per heavy atom. The number of rotatable bonds is 3. The first-order valence-electron chi connectivity index (χ1n) is 9.23. The molecular formula is C18H24N4O3S. The molecule has 26 heavy (non-hydrogen) atoms. The molecule has 0 spiro atoms. The van der Waals surface area contributed by atoms with Gasteiger partial charge in [0.25, 0.3) is 10.0 Å². The van der Waals surface area contributed by atoms with Crippen LogP contribution in [0, 0.1) is 0 Å². The Morgan fingerprint density at radius 2 is 1.81 bits per heavy atom. The Hall–Kier alpha value is -1.93. The van der Waals surface area contributed by atoms with Crippen LogP contribution >= 0.6 is 0 Å². The number of nitrogens with zero attached hydrogens (tertiary/aromatic N) is 3. The molecule has 0 radical (unpaired) electrons. The topological polar surface area (TPSA) is 82.1 Å². The SMILES string of the molecule is O=C(CN=C1NS(=O)(=O)c2ccccc21)N1CCN(C2CCCC2)CC1. The van der Waals surface area contributed by atoms with Crippen LogP contribution in [0.3, 0.4) is 0 Å². The van der Waals surface area contributed by atoms with Gasteiger partial charge in [-0.05, 0) is 25.0 Å². The summed E-state index contributed by atoms with van der Waals surface area (Å²) in [6, 6.07) is 7.38. The van der Waals surface area contributed by atoms with Gasteiger partial charge in [-0.15, -0.1) is 0 Å². The molecular weight excluding hydrogens is 352 g/mol. The number of benzene rings is 1. The van der Waals surface area contributed by atoms with Gasteiger partial charge in [0, 0.05) is 37.8 Å². The average Bonchev–Trinajstić information content (AvgIpc) is 3.27. The van der Waals surface area contributed by atoms with Gasteiger partial charge in [-0.1, -0.05) is 25.0 Å². The second-order valence-corrected chi connectivity index (χ2v) is 8.77. The molecule has 1 amide bonds. The molecule has 1 saturated heterocycles. The van der Waals surface area contributed by atoms with Gasteiger partial charge in [-0.3, -0.25) is 19.4 Å². The van der Waals surface area contributed by atoms with Crippen molar-refractivity contribution in [2.75, 3.05) is 32.7 Å². The lowest BCUT2D eigenvalue weighted by Crippen LogP contribution is -2.52. The van der Waals surface area contributed by atoms with Crippen molar-refractivity contribution in [1.82, 2.24) is 14.5 Å². The highest BCUT2D eigenvalue weighted by Gasteiger charge is 2.31. The third-order valence-corrected chi connectivity index (χ3v) is 6.94. The molecule has 3 aliphatic rings. The number of carbonyl (C=O) groups excluding carboxylic acids is 1. The first-order chi connectivity index (χ1) is 12.5. The molecule has 7 nitrogen and oxygen atoms in total. The smallest absolute Gasteiger partial charge is 0.263 e. The number of fused-ring (bicyclic) bond motifs is 1. The quantitative estimate of drug-likeness (QED) is 0.846. The van der Waals surface area contributed by atoms with Gasteiger partial charge in [0.05, 0.1) is 4.90 Å². The highest BCUT2D eigenvalue weighted by atomic mass is 32.2. The van der Waals surface area contributed by atoms with Crippen molar-refractivity contribution >= 4 is 21.8 Å². The van der Waals surface area contributed by atoms with E-state index in [4.69, 9.17) is 0 Å².